The van der Waals surface area contributed by atoms with Crippen LogP contribution >= 0.6 is 0 Å². The number of carbonyl (C=O) groups is 1. The lowest BCUT2D eigenvalue weighted by molar-refractivity contribution is -0.137. The molecule has 0 aliphatic heterocycles. The van der Waals surface area contributed by atoms with E-state index in [-0.39, 0.29) is 12.5 Å². The summed E-state index contributed by atoms with van der Waals surface area (Å²) in [4.78, 5) is 12.7. The van der Waals surface area contributed by atoms with Gasteiger partial charge in [0.25, 0.3) is 5.91 Å². The minimum Gasteiger partial charge on any atom is -0.304 e. The normalized spacial score (nSPS) is 14.2. The summed E-state index contributed by atoms with van der Waals surface area (Å²) in [7, 11) is 0. The van der Waals surface area contributed by atoms with E-state index >= 15 is 0 Å². The van der Waals surface area contributed by atoms with Gasteiger partial charge in [0.05, 0.1) is 18.3 Å². The quantitative estimate of drug-likeness (QED) is 0.647. The van der Waals surface area contributed by atoms with Crippen molar-refractivity contribution in [2.75, 3.05) is 5.32 Å². The Morgan fingerprint density at radius 1 is 1.03 bits per heavy atom. The molecule has 1 heterocycles. The third-order valence-corrected chi connectivity index (χ3v) is 5.02. The van der Waals surface area contributed by atoms with Crippen LogP contribution in [0.4, 0.5) is 19.0 Å². The van der Waals surface area contributed by atoms with Crippen molar-refractivity contribution in [2.24, 2.45) is 0 Å². The maximum absolute atomic E-state index is 12.7. The van der Waals surface area contributed by atoms with Crippen LogP contribution in [0.25, 0.3) is 5.57 Å². The number of rotatable bonds is 5. The van der Waals surface area contributed by atoms with Crippen molar-refractivity contribution in [3.8, 4) is 0 Å². The van der Waals surface area contributed by atoms with Crippen LogP contribution < -0.4 is 5.32 Å². The van der Waals surface area contributed by atoms with Crippen molar-refractivity contribution in [3.05, 3.63) is 83.1 Å². The van der Waals surface area contributed by atoms with E-state index in [4.69, 9.17) is 0 Å². The fraction of sp³-hybridized carbons (Fsp3) is 0.227. The predicted molar refractivity (Wildman–Crippen MR) is 106 cm³/mol. The molecular formula is C22H19F3N4O. The molecule has 0 saturated carbocycles. The molecule has 4 rings (SSSR count). The highest BCUT2D eigenvalue weighted by Crippen LogP contribution is 2.34. The van der Waals surface area contributed by atoms with Crippen molar-refractivity contribution in [2.45, 2.75) is 32.0 Å². The zero-order valence-corrected chi connectivity index (χ0v) is 16.0. The lowest BCUT2D eigenvalue weighted by Crippen LogP contribution is -2.14. The lowest BCUT2D eigenvalue weighted by Gasteiger charge is -2.08. The number of hydrogen-bond acceptors (Lipinski definition) is 3. The Balaban J connectivity index is 1.44. The summed E-state index contributed by atoms with van der Waals surface area (Å²) in [6.45, 7) is 0.249. The number of hydrogen-bond donors (Lipinski definition) is 1. The molecule has 1 N–H and O–H groups in total. The van der Waals surface area contributed by atoms with Crippen molar-refractivity contribution >= 4 is 17.3 Å². The van der Waals surface area contributed by atoms with Crippen molar-refractivity contribution in [1.82, 2.24) is 15.0 Å². The van der Waals surface area contributed by atoms with Gasteiger partial charge in [-0.1, -0.05) is 47.7 Å². The first kappa shape index (κ1) is 19.9. The van der Waals surface area contributed by atoms with E-state index in [1.807, 2.05) is 30.3 Å². The van der Waals surface area contributed by atoms with Gasteiger partial charge in [-0.3, -0.25) is 4.79 Å². The molecule has 1 aliphatic rings. The number of amides is 1. The molecular weight excluding hydrogens is 393 g/mol. The molecule has 1 aromatic heterocycles. The number of halogens is 3. The number of anilines is 1. The molecule has 0 spiro atoms. The molecule has 0 unspecified atom stereocenters. The highest BCUT2D eigenvalue weighted by atomic mass is 19.4. The van der Waals surface area contributed by atoms with Gasteiger partial charge < -0.3 is 5.32 Å². The molecule has 1 aliphatic carbocycles. The molecule has 2 aromatic carbocycles. The van der Waals surface area contributed by atoms with E-state index < -0.39 is 11.7 Å². The minimum atomic E-state index is -4.36. The second kappa shape index (κ2) is 8.14. The van der Waals surface area contributed by atoms with E-state index in [9.17, 15) is 18.0 Å². The summed E-state index contributed by atoms with van der Waals surface area (Å²) in [6.07, 6.45) is -0.319. The fourth-order valence-corrected chi connectivity index (χ4v) is 3.56. The van der Waals surface area contributed by atoms with Crippen LogP contribution in [0.2, 0.25) is 0 Å². The predicted octanol–water partition coefficient (Wildman–Crippen LogP) is 4.92. The average molecular weight is 412 g/mol. The Bertz CT molecular complexity index is 1070. The number of nitrogens with one attached hydrogen (secondary N) is 1. The Morgan fingerprint density at radius 3 is 2.47 bits per heavy atom. The summed E-state index contributed by atoms with van der Waals surface area (Å²) in [6, 6.07) is 14.7. The molecule has 0 bridgehead atoms. The maximum atomic E-state index is 12.7. The lowest BCUT2D eigenvalue weighted by atomic mass is 10.0. The molecule has 30 heavy (non-hydrogen) atoms. The first-order chi connectivity index (χ1) is 14.4. The number of carbonyl (C=O) groups excluding carboxylic acids is 1. The van der Waals surface area contributed by atoms with Crippen molar-refractivity contribution < 1.29 is 18.0 Å². The fourth-order valence-electron chi connectivity index (χ4n) is 3.56. The molecule has 154 valence electrons. The zero-order chi connectivity index (χ0) is 21.1. The standard InChI is InChI=1S/C22H19F3N4O/c23-22(24,25)17-11-9-15(10-12-17)13-29-14-20(27-28-29)26-21(30)19-8-4-7-18(19)16-5-2-1-3-6-16/h1-3,5-6,9-12,14H,4,7-8,13H2,(H,26,30). The van der Waals surface area contributed by atoms with Crippen LogP contribution in [0.3, 0.4) is 0 Å². The highest BCUT2D eigenvalue weighted by molar-refractivity contribution is 6.09. The molecule has 3 aromatic rings. The highest BCUT2D eigenvalue weighted by Gasteiger charge is 2.30. The average Bonchev–Trinajstić information content (AvgIpc) is 3.38. The summed E-state index contributed by atoms with van der Waals surface area (Å²) in [5.74, 6) is 0.103. The van der Waals surface area contributed by atoms with Crippen LogP contribution in [0, 0.1) is 0 Å². The van der Waals surface area contributed by atoms with Crippen molar-refractivity contribution in [1.29, 1.82) is 0 Å². The topological polar surface area (TPSA) is 59.8 Å². The van der Waals surface area contributed by atoms with Gasteiger partial charge in [-0.2, -0.15) is 13.2 Å². The summed E-state index contributed by atoms with van der Waals surface area (Å²) in [5, 5.41) is 10.7. The second-order valence-electron chi connectivity index (χ2n) is 7.13. The second-order valence-corrected chi connectivity index (χ2v) is 7.13. The van der Waals surface area contributed by atoms with Crippen LogP contribution in [0.15, 0.2) is 66.4 Å². The molecule has 0 saturated heterocycles. The van der Waals surface area contributed by atoms with Crippen LogP contribution in [0.5, 0.6) is 0 Å². The first-order valence-electron chi connectivity index (χ1n) is 9.55. The van der Waals surface area contributed by atoms with Crippen LogP contribution in [-0.2, 0) is 17.5 Å². The third kappa shape index (κ3) is 4.42. The van der Waals surface area contributed by atoms with Gasteiger partial charge in [-0.15, -0.1) is 5.10 Å². The van der Waals surface area contributed by atoms with E-state index in [1.54, 1.807) is 6.20 Å². The molecule has 0 radical (unpaired) electrons. The van der Waals surface area contributed by atoms with Gasteiger partial charge in [-0.05, 0) is 48.1 Å². The number of alkyl halides is 3. The Kier molecular flexibility index (Phi) is 5.39. The van der Waals surface area contributed by atoms with Gasteiger partial charge in [0, 0.05) is 5.57 Å². The van der Waals surface area contributed by atoms with Crippen molar-refractivity contribution in [3.63, 3.8) is 0 Å². The van der Waals surface area contributed by atoms with Gasteiger partial charge in [0.15, 0.2) is 5.82 Å². The van der Waals surface area contributed by atoms with Gasteiger partial charge in [0.1, 0.15) is 0 Å². The molecule has 1 amide bonds. The van der Waals surface area contributed by atoms with E-state index in [2.05, 4.69) is 15.6 Å². The maximum Gasteiger partial charge on any atom is 0.416 e. The monoisotopic (exact) mass is 412 g/mol. The van der Waals surface area contributed by atoms with Crippen LogP contribution in [0.1, 0.15) is 36.0 Å². The summed E-state index contributed by atoms with van der Waals surface area (Å²) >= 11 is 0. The Hall–Kier alpha value is -3.42. The van der Waals surface area contributed by atoms with Crippen LogP contribution in [-0.4, -0.2) is 20.9 Å². The molecule has 0 fully saturated rings. The van der Waals surface area contributed by atoms with E-state index in [1.165, 1.54) is 16.8 Å². The smallest absolute Gasteiger partial charge is 0.304 e. The van der Waals surface area contributed by atoms with Gasteiger partial charge >= 0.3 is 6.18 Å². The zero-order valence-electron chi connectivity index (χ0n) is 16.0. The van der Waals surface area contributed by atoms with E-state index in [0.717, 1.165) is 41.7 Å². The molecule has 0 atom stereocenters. The number of aromatic nitrogens is 3. The Labute approximate surface area is 171 Å². The van der Waals surface area contributed by atoms with E-state index in [0.29, 0.717) is 17.8 Å². The molecule has 8 heteroatoms. The minimum absolute atomic E-state index is 0.201. The Morgan fingerprint density at radius 2 is 1.77 bits per heavy atom. The third-order valence-electron chi connectivity index (χ3n) is 5.02. The summed E-state index contributed by atoms with van der Waals surface area (Å²) < 4.78 is 39.5. The van der Waals surface area contributed by atoms with Gasteiger partial charge in [0.2, 0.25) is 0 Å². The number of allylic oxidation sites excluding steroid dienone is 1. The SMILES string of the molecule is O=C(Nc1cn(Cc2ccc(C(F)(F)F)cc2)nn1)C1=C(c2ccccc2)CCC1. The summed E-state index contributed by atoms with van der Waals surface area (Å²) in [5.41, 5.74) is 2.79. The first-order valence-corrected chi connectivity index (χ1v) is 9.55. The largest absolute Gasteiger partial charge is 0.416 e. The number of benzene rings is 2. The van der Waals surface area contributed by atoms with Gasteiger partial charge in [-0.25, -0.2) is 4.68 Å². The number of nitrogens with zero attached hydrogens (tertiary/aromatic N) is 3. The molecule has 5 nitrogen and oxygen atoms in total.